The summed E-state index contributed by atoms with van der Waals surface area (Å²) in [6, 6.07) is 0. The van der Waals surface area contributed by atoms with Crippen molar-refractivity contribution in [3.63, 3.8) is 0 Å². The fourth-order valence-electron chi connectivity index (χ4n) is 0.572. The maximum atomic E-state index is 11.3. The molecule has 0 heterocycles. The van der Waals surface area contributed by atoms with E-state index in [1.807, 2.05) is 0 Å². The van der Waals surface area contributed by atoms with Crippen LogP contribution in [-0.4, -0.2) is 44.5 Å². The average Bonchev–Trinajstić information content (AvgIpc) is 2.22. The number of phosphoric ester groups is 1. The Hall–Kier alpha value is 0.0300. The van der Waals surface area contributed by atoms with Gasteiger partial charge in [0.2, 0.25) is 0 Å². The maximum Gasteiger partial charge on any atom is 0.472 e. The van der Waals surface area contributed by atoms with Crippen LogP contribution in [0.25, 0.3) is 0 Å². The molecule has 0 spiro atoms. The smallest absolute Gasteiger partial charge is 0.379 e. The van der Waals surface area contributed by atoms with Crippen molar-refractivity contribution in [1.82, 2.24) is 0 Å². The van der Waals surface area contributed by atoms with E-state index in [2.05, 4.69) is 9.05 Å². The first kappa shape index (κ1) is 15.0. The van der Waals surface area contributed by atoms with E-state index < -0.39 is 7.82 Å². The molecule has 0 saturated heterocycles. The summed E-state index contributed by atoms with van der Waals surface area (Å²) >= 11 is 0. The normalized spacial score (nSPS) is 19.5. The monoisotopic (exact) mass is 242 g/mol. The van der Waals surface area contributed by atoms with Crippen molar-refractivity contribution < 1.29 is 28.0 Å². The van der Waals surface area contributed by atoms with E-state index in [9.17, 15) is 9.46 Å². The van der Waals surface area contributed by atoms with Crippen LogP contribution < -0.4 is 0 Å². The summed E-state index contributed by atoms with van der Waals surface area (Å²) in [5.41, 5.74) is 0. The molecular weight excluding hydrogens is 223 g/mol. The van der Waals surface area contributed by atoms with Gasteiger partial charge in [-0.3, -0.25) is 9.05 Å². The van der Waals surface area contributed by atoms with Gasteiger partial charge in [0.25, 0.3) is 0 Å². The summed E-state index contributed by atoms with van der Waals surface area (Å²) in [4.78, 5) is 9.20. The van der Waals surface area contributed by atoms with Crippen molar-refractivity contribution in [1.29, 1.82) is 0 Å². The molecule has 0 aromatic carbocycles. The predicted octanol–water partition coefficient (Wildman–Crippen LogP) is 1.19. The minimum absolute atomic E-state index is 0.00560. The van der Waals surface area contributed by atoms with Gasteiger partial charge in [-0.15, -0.1) is 0 Å². The van der Waals surface area contributed by atoms with E-state index in [0.717, 1.165) is 0 Å². The van der Waals surface area contributed by atoms with E-state index in [1.165, 1.54) is 14.2 Å². The summed E-state index contributed by atoms with van der Waals surface area (Å²) in [5.74, 6) is 0. The lowest BCUT2D eigenvalue weighted by Gasteiger charge is -2.16. The van der Waals surface area contributed by atoms with Crippen LogP contribution in [0.5, 0.6) is 0 Å². The zero-order valence-corrected chi connectivity index (χ0v) is 10.4. The van der Waals surface area contributed by atoms with Gasteiger partial charge in [0.1, 0.15) is 0 Å². The Morgan fingerprint density at radius 2 is 1.40 bits per heavy atom. The van der Waals surface area contributed by atoms with Crippen LogP contribution in [0, 0.1) is 0 Å². The van der Waals surface area contributed by atoms with Gasteiger partial charge in [-0.05, 0) is 13.8 Å². The zero-order valence-electron chi connectivity index (χ0n) is 9.50. The van der Waals surface area contributed by atoms with Crippen molar-refractivity contribution in [2.24, 2.45) is 0 Å². The summed E-state index contributed by atoms with van der Waals surface area (Å²) in [6.07, 6.45) is -0.511. The van der Waals surface area contributed by atoms with Gasteiger partial charge in [0, 0.05) is 14.2 Å². The Morgan fingerprint density at radius 1 is 1.07 bits per heavy atom. The van der Waals surface area contributed by atoms with Gasteiger partial charge < -0.3 is 14.4 Å². The Labute approximate surface area is 90.1 Å². The third-order valence-corrected chi connectivity index (χ3v) is 2.70. The maximum absolute atomic E-state index is 11.3. The molecule has 0 saturated carbocycles. The van der Waals surface area contributed by atoms with Gasteiger partial charge in [-0.2, -0.15) is 0 Å². The molecule has 2 atom stereocenters. The molecule has 1 N–H and O–H groups in total. The average molecular weight is 242 g/mol. The van der Waals surface area contributed by atoms with E-state index in [0.29, 0.717) is 0 Å². The first-order valence-corrected chi connectivity index (χ1v) is 6.08. The minimum Gasteiger partial charge on any atom is -0.379 e. The largest absolute Gasteiger partial charge is 0.472 e. The van der Waals surface area contributed by atoms with Gasteiger partial charge in [-0.25, -0.2) is 4.57 Å². The molecule has 2 unspecified atom stereocenters. The van der Waals surface area contributed by atoms with E-state index in [4.69, 9.17) is 9.47 Å². The second kappa shape index (κ2) is 7.33. The molecule has 0 aliphatic rings. The molecule has 92 valence electrons. The highest BCUT2D eigenvalue weighted by atomic mass is 31.2. The van der Waals surface area contributed by atoms with Gasteiger partial charge >= 0.3 is 7.82 Å². The van der Waals surface area contributed by atoms with Crippen molar-refractivity contribution in [3.05, 3.63) is 0 Å². The standard InChI is InChI=1S/C8H19O6P/c1-7(11-3)5-13-15(9,10)14-6-8(2)12-4/h7-8H,5-6H2,1-4H3,(H,9,10). The summed E-state index contributed by atoms with van der Waals surface area (Å²) in [6.45, 7) is 3.45. The number of rotatable bonds is 8. The van der Waals surface area contributed by atoms with Crippen LogP contribution in [0.15, 0.2) is 0 Å². The molecule has 0 aromatic heterocycles. The molecule has 0 aliphatic carbocycles. The van der Waals surface area contributed by atoms with Crippen LogP contribution in [0.4, 0.5) is 0 Å². The van der Waals surface area contributed by atoms with Gasteiger partial charge in [0.05, 0.1) is 25.4 Å². The third kappa shape index (κ3) is 7.90. The molecule has 0 aliphatic heterocycles. The first-order valence-electron chi connectivity index (χ1n) is 4.58. The molecule has 0 radical (unpaired) electrons. The summed E-state index contributed by atoms with van der Waals surface area (Å²) in [5, 5.41) is 0. The number of methoxy groups -OCH3 is 2. The minimum atomic E-state index is -3.99. The molecular formula is C8H19O6P. The zero-order chi connectivity index (χ0) is 11.9. The lowest BCUT2D eigenvalue weighted by molar-refractivity contribution is 0.0290. The molecule has 0 aromatic rings. The fourth-order valence-corrected chi connectivity index (χ4v) is 1.44. The summed E-state index contributed by atoms with van der Waals surface area (Å²) < 4.78 is 30.3. The number of hydrogen-bond donors (Lipinski definition) is 1. The third-order valence-electron chi connectivity index (χ3n) is 1.75. The highest BCUT2D eigenvalue weighted by Crippen LogP contribution is 2.43. The first-order chi connectivity index (χ1) is 6.91. The van der Waals surface area contributed by atoms with Crippen LogP contribution in [0.2, 0.25) is 0 Å². The van der Waals surface area contributed by atoms with Crippen LogP contribution in [0.3, 0.4) is 0 Å². The highest BCUT2D eigenvalue weighted by Gasteiger charge is 2.23. The number of hydrogen-bond acceptors (Lipinski definition) is 5. The second-order valence-electron chi connectivity index (χ2n) is 3.15. The molecule has 15 heavy (non-hydrogen) atoms. The quantitative estimate of drug-likeness (QED) is 0.644. The molecule has 0 amide bonds. The Kier molecular flexibility index (Phi) is 7.34. The van der Waals surface area contributed by atoms with Crippen LogP contribution in [0.1, 0.15) is 13.8 Å². The van der Waals surface area contributed by atoms with Crippen molar-refractivity contribution in [2.75, 3.05) is 27.4 Å². The molecule has 6 nitrogen and oxygen atoms in total. The van der Waals surface area contributed by atoms with Crippen molar-refractivity contribution in [3.8, 4) is 0 Å². The topological polar surface area (TPSA) is 74.2 Å². The lowest BCUT2D eigenvalue weighted by atomic mass is 10.4. The number of ether oxygens (including phenoxy) is 2. The Balaban J connectivity index is 3.81. The predicted molar refractivity (Wildman–Crippen MR) is 54.7 cm³/mol. The molecule has 0 bridgehead atoms. The number of phosphoric acid groups is 1. The fraction of sp³-hybridized carbons (Fsp3) is 1.00. The van der Waals surface area contributed by atoms with E-state index >= 15 is 0 Å². The molecule has 0 rings (SSSR count). The Morgan fingerprint density at radius 3 is 1.67 bits per heavy atom. The SMILES string of the molecule is COC(C)COP(=O)(O)OCC(C)OC. The molecule has 0 fully saturated rings. The van der Waals surface area contributed by atoms with Crippen molar-refractivity contribution >= 4 is 7.82 Å². The van der Waals surface area contributed by atoms with Gasteiger partial charge in [-0.1, -0.05) is 0 Å². The van der Waals surface area contributed by atoms with Gasteiger partial charge in [0.15, 0.2) is 0 Å². The van der Waals surface area contributed by atoms with Crippen LogP contribution in [-0.2, 0) is 23.1 Å². The second-order valence-corrected chi connectivity index (χ2v) is 4.61. The Bertz CT molecular complexity index is 191. The lowest BCUT2D eigenvalue weighted by Crippen LogP contribution is -2.16. The molecule has 7 heteroatoms. The van der Waals surface area contributed by atoms with E-state index in [1.54, 1.807) is 13.8 Å². The van der Waals surface area contributed by atoms with E-state index in [-0.39, 0.29) is 25.4 Å². The highest BCUT2D eigenvalue weighted by molar-refractivity contribution is 7.47. The summed E-state index contributed by atoms with van der Waals surface area (Å²) in [7, 11) is -1.01. The van der Waals surface area contributed by atoms with Crippen molar-refractivity contribution in [2.45, 2.75) is 26.1 Å². The van der Waals surface area contributed by atoms with Crippen LogP contribution >= 0.6 is 7.82 Å².